The Labute approximate surface area is 156 Å². The highest BCUT2D eigenvalue weighted by atomic mass is 32.1. The molecule has 4 rings (SSSR count). The van der Waals surface area contributed by atoms with Crippen molar-refractivity contribution in [1.82, 2.24) is 5.32 Å². The average Bonchev–Trinajstić information content (AvgIpc) is 3.01. The summed E-state index contributed by atoms with van der Waals surface area (Å²) in [5.41, 5.74) is 3.60. The first-order chi connectivity index (χ1) is 12.7. The number of nitrogens with one attached hydrogen (secondary N) is 1. The highest BCUT2D eigenvalue weighted by Gasteiger charge is 2.24. The number of pyridine rings is 1. The van der Waals surface area contributed by atoms with E-state index in [4.69, 9.17) is 0 Å². The highest BCUT2D eigenvalue weighted by molar-refractivity contribution is 7.18. The Balaban J connectivity index is 1.84. The van der Waals surface area contributed by atoms with Gasteiger partial charge in [0.1, 0.15) is 11.7 Å². The molecule has 0 aliphatic carbocycles. The van der Waals surface area contributed by atoms with Crippen LogP contribution in [0.15, 0.2) is 60.8 Å². The summed E-state index contributed by atoms with van der Waals surface area (Å²) >= 11 is 1.76. The Bertz CT molecular complexity index is 1120. The van der Waals surface area contributed by atoms with Crippen molar-refractivity contribution in [1.29, 1.82) is 0 Å². The number of aryl methyl sites for hydroxylation is 1. The number of hydrogen-bond donors (Lipinski definition) is 1. The molecule has 5 heteroatoms. The second-order valence-corrected chi connectivity index (χ2v) is 7.48. The standard InChI is InChI=1S/C21H20N3OS/c1-22-20(25)14-24-18-9-5-6-10-19(18)26-21(24)13-15-11-12-23(2)17-8-4-3-7-16(15)17/h3-12H,13-14H2,1-2H3/q+1/p+1. The molecule has 2 aromatic heterocycles. The van der Waals surface area contributed by atoms with Crippen LogP contribution in [-0.2, 0) is 24.8 Å². The molecular formula is C21H21N3OS+2. The molecule has 4 aromatic rings. The Hall–Kier alpha value is -2.79. The van der Waals surface area contributed by atoms with Gasteiger partial charge >= 0.3 is 0 Å². The number of carbonyl (C=O) groups is 1. The van der Waals surface area contributed by atoms with Crippen LogP contribution in [0, 0.1) is 0 Å². The van der Waals surface area contributed by atoms with Crippen molar-refractivity contribution in [3.63, 3.8) is 0 Å². The van der Waals surface area contributed by atoms with E-state index < -0.39 is 0 Å². The van der Waals surface area contributed by atoms with Crippen molar-refractivity contribution < 1.29 is 13.9 Å². The van der Waals surface area contributed by atoms with Gasteiger partial charge in [0, 0.05) is 25.2 Å². The third kappa shape index (κ3) is 2.95. The van der Waals surface area contributed by atoms with E-state index in [9.17, 15) is 4.79 Å². The van der Waals surface area contributed by atoms with Crippen LogP contribution in [0.5, 0.6) is 0 Å². The number of hydrogen-bond acceptors (Lipinski definition) is 2. The first kappa shape index (κ1) is 16.7. The van der Waals surface area contributed by atoms with E-state index in [1.165, 1.54) is 26.2 Å². The summed E-state index contributed by atoms with van der Waals surface area (Å²) in [6, 6.07) is 18.9. The summed E-state index contributed by atoms with van der Waals surface area (Å²) in [4.78, 5) is 12.1. The lowest BCUT2D eigenvalue weighted by Crippen LogP contribution is -2.43. The fourth-order valence-electron chi connectivity index (χ4n) is 3.35. The van der Waals surface area contributed by atoms with Crippen LogP contribution in [0.2, 0.25) is 0 Å². The number of amides is 1. The summed E-state index contributed by atoms with van der Waals surface area (Å²) in [7, 11) is 3.75. The number of benzene rings is 2. The van der Waals surface area contributed by atoms with Gasteiger partial charge < -0.3 is 5.32 Å². The molecule has 0 radical (unpaired) electrons. The van der Waals surface area contributed by atoms with Crippen molar-refractivity contribution in [3.8, 4) is 0 Å². The van der Waals surface area contributed by atoms with Crippen LogP contribution in [0.1, 0.15) is 10.6 Å². The molecule has 0 saturated carbocycles. The molecule has 0 atom stereocenters. The average molecular weight is 363 g/mol. The molecule has 26 heavy (non-hydrogen) atoms. The maximum Gasteiger partial charge on any atom is 0.285 e. The molecule has 0 bridgehead atoms. The van der Waals surface area contributed by atoms with Crippen molar-refractivity contribution in [2.45, 2.75) is 13.0 Å². The number of likely N-dealkylation sites (N-methyl/N-ethyl adjacent to an activating group) is 1. The maximum atomic E-state index is 12.1. The van der Waals surface area contributed by atoms with E-state index >= 15 is 0 Å². The normalized spacial score (nSPS) is 11.2. The van der Waals surface area contributed by atoms with Crippen LogP contribution in [0.3, 0.4) is 0 Å². The van der Waals surface area contributed by atoms with Gasteiger partial charge in [-0.15, -0.1) is 0 Å². The summed E-state index contributed by atoms with van der Waals surface area (Å²) in [5.74, 6) is 0.0177. The zero-order valence-corrected chi connectivity index (χ0v) is 15.7. The van der Waals surface area contributed by atoms with Crippen LogP contribution in [0.4, 0.5) is 0 Å². The van der Waals surface area contributed by atoms with E-state index in [0.717, 1.165) is 11.9 Å². The minimum Gasteiger partial charge on any atom is -0.354 e. The van der Waals surface area contributed by atoms with Crippen LogP contribution >= 0.6 is 11.3 Å². The van der Waals surface area contributed by atoms with Crippen molar-refractivity contribution in [2.24, 2.45) is 7.05 Å². The second kappa shape index (κ2) is 6.84. The van der Waals surface area contributed by atoms with Gasteiger partial charge in [-0.25, -0.2) is 4.57 Å². The Kier molecular flexibility index (Phi) is 4.39. The lowest BCUT2D eigenvalue weighted by Gasteiger charge is -2.04. The predicted molar refractivity (Wildman–Crippen MR) is 104 cm³/mol. The van der Waals surface area contributed by atoms with E-state index in [1.54, 1.807) is 18.4 Å². The van der Waals surface area contributed by atoms with Crippen molar-refractivity contribution in [3.05, 3.63) is 71.4 Å². The largest absolute Gasteiger partial charge is 0.354 e. The van der Waals surface area contributed by atoms with E-state index in [-0.39, 0.29) is 5.91 Å². The van der Waals surface area contributed by atoms with Crippen LogP contribution in [0.25, 0.3) is 21.1 Å². The quantitative estimate of drug-likeness (QED) is 0.556. The summed E-state index contributed by atoms with van der Waals surface area (Å²) in [6.07, 6.45) is 2.91. The molecule has 0 aliphatic heterocycles. The second-order valence-electron chi connectivity index (χ2n) is 6.37. The zero-order valence-electron chi connectivity index (χ0n) is 14.9. The molecule has 0 unspecified atom stereocenters. The molecule has 0 fully saturated rings. The van der Waals surface area contributed by atoms with Crippen LogP contribution < -0.4 is 14.5 Å². The molecule has 1 N–H and O–H groups in total. The third-order valence-electron chi connectivity index (χ3n) is 4.74. The summed E-state index contributed by atoms with van der Waals surface area (Å²) in [5, 5.41) is 5.18. The topological polar surface area (TPSA) is 36.9 Å². The SMILES string of the molecule is CNC(=O)C[n+]1c(Cc2cc[n+](C)c3ccccc23)sc2ccccc21. The number of nitrogens with zero attached hydrogens (tertiary/aromatic N) is 2. The molecule has 1 amide bonds. The van der Waals surface area contributed by atoms with Crippen molar-refractivity contribution >= 4 is 38.4 Å². The van der Waals surface area contributed by atoms with Crippen molar-refractivity contribution in [2.75, 3.05) is 7.05 Å². The molecular weight excluding hydrogens is 342 g/mol. The van der Waals surface area contributed by atoms with Crippen LogP contribution in [-0.4, -0.2) is 13.0 Å². The fourth-order valence-corrected chi connectivity index (χ4v) is 4.54. The lowest BCUT2D eigenvalue weighted by atomic mass is 10.1. The number of fused-ring (bicyclic) bond motifs is 2. The molecule has 4 nitrogen and oxygen atoms in total. The Morgan fingerprint density at radius 2 is 1.77 bits per heavy atom. The Morgan fingerprint density at radius 3 is 2.58 bits per heavy atom. The predicted octanol–water partition coefficient (Wildman–Crippen LogP) is 2.50. The minimum atomic E-state index is 0.0177. The first-order valence-corrected chi connectivity index (χ1v) is 9.46. The van der Waals surface area contributed by atoms with Gasteiger partial charge in [0.15, 0.2) is 6.20 Å². The minimum absolute atomic E-state index is 0.0177. The summed E-state index contributed by atoms with van der Waals surface area (Å²) < 4.78 is 5.49. The first-order valence-electron chi connectivity index (χ1n) is 8.64. The molecule has 2 heterocycles. The number of para-hydroxylation sites is 2. The van der Waals surface area contributed by atoms with E-state index in [2.05, 4.69) is 70.2 Å². The van der Waals surface area contributed by atoms with Gasteiger partial charge in [-0.05, 0) is 17.7 Å². The number of rotatable bonds is 4. The van der Waals surface area contributed by atoms with Gasteiger partial charge in [0.05, 0.1) is 11.8 Å². The molecule has 130 valence electrons. The molecule has 0 aliphatic rings. The van der Waals surface area contributed by atoms with Gasteiger partial charge in [0.25, 0.3) is 5.91 Å². The fraction of sp³-hybridized carbons (Fsp3) is 0.190. The van der Waals surface area contributed by atoms with Gasteiger partial charge in [-0.1, -0.05) is 35.6 Å². The number of thiazole rings is 1. The molecule has 0 spiro atoms. The molecule has 0 saturated heterocycles. The highest BCUT2D eigenvalue weighted by Crippen LogP contribution is 2.24. The number of aromatic nitrogens is 2. The maximum absolute atomic E-state index is 12.1. The lowest BCUT2D eigenvalue weighted by molar-refractivity contribution is -0.661. The van der Waals surface area contributed by atoms with Gasteiger partial charge in [-0.3, -0.25) is 4.79 Å². The van der Waals surface area contributed by atoms with Gasteiger partial charge in [-0.2, -0.15) is 4.57 Å². The van der Waals surface area contributed by atoms with E-state index in [1.807, 2.05) is 12.1 Å². The van der Waals surface area contributed by atoms with Gasteiger partial charge in [0.2, 0.25) is 22.6 Å². The monoisotopic (exact) mass is 363 g/mol. The number of carbonyl (C=O) groups excluding carboxylic acids is 1. The van der Waals surface area contributed by atoms with E-state index in [0.29, 0.717) is 6.54 Å². The zero-order chi connectivity index (χ0) is 18.1. The molecule has 2 aromatic carbocycles. The third-order valence-corrected chi connectivity index (χ3v) is 5.90. The summed E-state index contributed by atoms with van der Waals surface area (Å²) in [6.45, 7) is 0.342. The Morgan fingerprint density at radius 1 is 1.04 bits per heavy atom. The smallest absolute Gasteiger partial charge is 0.285 e.